The van der Waals surface area contributed by atoms with Gasteiger partial charge in [0, 0.05) is 64.0 Å². The summed E-state index contributed by atoms with van der Waals surface area (Å²) >= 11 is 0. The van der Waals surface area contributed by atoms with Crippen molar-refractivity contribution >= 4 is 45.1 Å². The highest BCUT2D eigenvalue weighted by atomic mass is 16.7. The first kappa shape index (κ1) is 24.4. The van der Waals surface area contributed by atoms with Crippen molar-refractivity contribution in [3.8, 4) is 5.75 Å². The number of phenols is 1. The molecule has 11 heteroatoms. The zero-order chi connectivity index (χ0) is 27.0. The number of aryl methyl sites for hydroxylation is 2. The lowest BCUT2D eigenvalue weighted by Gasteiger charge is -2.10. The number of nitro groups is 1. The van der Waals surface area contributed by atoms with Crippen LogP contribution in [0.15, 0.2) is 78.5 Å². The fourth-order valence-electron chi connectivity index (χ4n) is 4.45. The Hall–Kier alpha value is -5.32. The van der Waals surface area contributed by atoms with Gasteiger partial charge in [0.25, 0.3) is 5.69 Å². The quantitative estimate of drug-likeness (QED) is 0.108. The number of phenolic OH excluding ortho intramolecular Hbond substituents is 1. The molecule has 5 rings (SSSR count). The molecule has 0 aliphatic carbocycles. The minimum absolute atomic E-state index is 0.00356. The van der Waals surface area contributed by atoms with Gasteiger partial charge in [0.05, 0.1) is 4.92 Å². The third-order valence-electron chi connectivity index (χ3n) is 6.25. The summed E-state index contributed by atoms with van der Waals surface area (Å²) in [5.41, 5.74) is 2.54. The number of imidazole rings is 1. The monoisotopic (exact) mass is 511 g/mol. The number of carbonyl (C=O) groups is 2. The first-order chi connectivity index (χ1) is 18.3. The van der Waals surface area contributed by atoms with Crippen LogP contribution in [0.1, 0.15) is 28.4 Å². The average molecular weight is 511 g/mol. The second kappa shape index (κ2) is 9.62. The van der Waals surface area contributed by atoms with Crippen molar-refractivity contribution in [3.63, 3.8) is 0 Å². The third-order valence-corrected chi connectivity index (χ3v) is 6.25. The number of aromatic hydroxyl groups is 1. The molecule has 0 aliphatic heterocycles. The van der Waals surface area contributed by atoms with E-state index in [9.17, 15) is 24.8 Å². The Labute approximate surface area is 215 Å². The molecule has 190 valence electrons. The molecule has 0 saturated heterocycles. The summed E-state index contributed by atoms with van der Waals surface area (Å²) in [7, 11) is 0. The minimum atomic E-state index is -0.863. The predicted octanol–water partition coefficient (Wildman–Crippen LogP) is 5.21. The Kier molecular flexibility index (Phi) is 6.17. The lowest BCUT2D eigenvalue weighted by molar-refractivity contribution is -0.384. The van der Waals surface area contributed by atoms with E-state index in [1.165, 1.54) is 49.1 Å². The van der Waals surface area contributed by atoms with Gasteiger partial charge in [-0.15, -0.1) is 0 Å². The largest absolute Gasteiger partial charge is 0.508 e. The molecule has 0 bridgehead atoms. The van der Waals surface area contributed by atoms with Crippen LogP contribution >= 0.6 is 0 Å². The number of benzene rings is 3. The molecule has 0 radical (unpaired) electrons. The Balaban J connectivity index is 1.64. The average Bonchev–Trinajstić information content (AvgIpc) is 3.55. The van der Waals surface area contributed by atoms with E-state index in [-0.39, 0.29) is 22.7 Å². The predicted molar refractivity (Wildman–Crippen MR) is 140 cm³/mol. The molecule has 0 aliphatic rings. The Morgan fingerprint density at radius 3 is 2.47 bits per heavy atom. The number of fused-ring (bicyclic) bond motifs is 3. The van der Waals surface area contributed by atoms with E-state index in [4.69, 9.17) is 4.84 Å². The number of non-ortho nitro benzene ring substituents is 1. The normalized spacial score (nSPS) is 11.7. The third kappa shape index (κ3) is 4.26. The number of oxime groups is 1. The smallest absolute Gasteiger partial charge is 0.445 e. The first-order valence-electron chi connectivity index (χ1n) is 11.6. The molecular formula is C27H21N5O6. The molecule has 5 aromatic rings. The molecule has 0 unspecified atom stereocenters. The van der Waals surface area contributed by atoms with Crippen molar-refractivity contribution in [2.24, 2.45) is 5.16 Å². The van der Waals surface area contributed by atoms with E-state index in [1.807, 2.05) is 11.5 Å². The topological polar surface area (TPSA) is 142 Å². The number of aromatic nitrogens is 3. The molecule has 2 aromatic heterocycles. The lowest BCUT2D eigenvalue weighted by atomic mass is 9.96. The zero-order valence-electron chi connectivity index (χ0n) is 20.4. The highest BCUT2D eigenvalue weighted by molar-refractivity contribution is 6.51. The molecule has 0 fully saturated rings. The number of hydrogen-bond donors (Lipinski definition) is 1. The number of hydrogen-bond acceptors (Lipinski definition) is 8. The summed E-state index contributed by atoms with van der Waals surface area (Å²) < 4.78 is 3.07. The van der Waals surface area contributed by atoms with Gasteiger partial charge in [0.2, 0.25) is 5.78 Å². The van der Waals surface area contributed by atoms with Crippen molar-refractivity contribution in [1.29, 1.82) is 0 Å². The molecule has 1 N–H and O–H groups in total. The Morgan fingerprint density at radius 2 is 1.82 bits per heavy atom. The van der Waals surface area contributed by atoms with Crippen LogP contribution in [0.5, 0.6) is 5.75 Å². The molecule has 0 saturated carbocycles. The van der Waals surface area contributed by atoms with Gasteiger partial charge < -0.3 is 9.67 Å². The maximum atomic E-state index is 13.8. The molecule has 0 spiro atoms. The van der Waals surface area contributed by atoms with E-state index < -0.39 is 16.8 Å². The molecule has 11 nitrogen and oxygen atoms in total. The molecule has 38 heavy (non-hydrogen) atoms. The fraction of sp³-hybridized carbons (Fsp3) is 0.111. The van der Waals surface area contributed by atoms with Gasteiger partial charge >= 0.3 is 6.09 Å². The van der Waals surface area contributed by atoms with Gasteiger partial charge in [-0.1, -0.05) is 5.16 Å². The first-order valence-corrected chi connectivity index (χ1v) is 11.6. The van der Waals surface area contributed by atoms with Crippen LogP contribution in [0.25, 0.3) is 21.8 Å². The molecule has 0 atom stereocenters. The van der Waals surface area contributed by atoms with Crippen LogP contribution < -0.4 is 0 Å². The molecule has 2 heterocycles. The second-order valence-corrected chi connectivity index (χ2v) is 8.53. The number of ketones is 1. The van der Waals surface area contributed by atoms with Gasteiger partial charge in [-0.25, -0.2) is 14.3 Å². The van der Waals surface area contributed by atoms with Crippen molar-refractivity contribution in [2.45, 2.75) is 20.4 Å². The van der Waals surface area contributed by atoms with Crippen molar-refractivity contribution < 1.29 is 24.5 Å². The second-order valence-electron chi connectivity index (χ2n) is 8.53. The standard InChI is InChI=1S/C27H21N5O6/c1-3-31-23-8-4-17(13-21(23)22-14-18(32(36)37)5-9-24(22)31)26(34)25(20-7-6-19(33)12-16(20)2)29-38-27(35)30-11-10-28-15-30/h4-15,33H,3H2,1-2H3/b29-25+. The SMILES string of the molecule is CCn1c2ccc(C(=O)/C(=N/OC(=O)n3ccnc3)c3ccc(O)cc3C)cc2c2cc([N+](=O)[O-])ccc21. The molecule has 0 amide bonds. The van der Waals surface area contributed by atoms with E-state index in [0.717, 1.165) is 15.6 Å². The Bertz CT molecular complexity index is 1770. The van der Waals surface area contributed by atoms with Crippen molar-refractivity contribution in [3.05, 3.63) is 100 Å². The van der Waals surface area contributed by atoms with Crippen LogP contribution in [0.2, 0.25) is 0 Å². The summed E-state index contributed by atoms with van der Waals surface area (Å²) in [6, 6.07) is 14.1. The van der Waals surface area contributed by atoms with Gasteiger partial charge in [0.1, 0.15) is 12.1 Å². The lowest BCUT2D eigenvalue weighted by Crippen LogP contribution is -2.19. The molecular weight excluding hydrogens is 490 g/mol. The highest BCUT2D eigenvalue weighted by Crippen LogP contribution is 2.33. The van der Waals surface area contributed by atoms with E-state index >= 15 is 0 Å². The summed E-state index contributed by atoms with van der Waals surface area (Å²) in [5.74, 6) is -0.536. The minimum Gasteiger partial charge on any atom is -0.508 e. The van der Waals surface area contributed by atoms with Crippen LogP contribution in [0.3, 0.4) is 0 Å². The summed E-state index contributed by atoms with van der Waals surface area (Å²) in [4.78, 5) is 46.0. The van der Waals surface area contributed by atoms with E-state index in [1.54, 1.807) is 31.2 Å². The molecule has 3 aromatic carbocycles. The van der Waals surface area contributed by atoms with Crippen LogP contribution in [-0.4, -0.2) is 41.7 Å². The Morgan fingerprint density at radius 1 is 1.08 bits per heavy atom. The van der Waals surface area contributed by atoms with Gasteiger partial charge in [-0.3, -0.25) is 19.7 Å². The number of Topliss-reactive ketones (excluding diaryl/α,β-unsaturated/α-hetero) is 1. The number of nitrogens with zero attached hydrogens (tertiary/aromatic N) is 5. The van der Waals surface area contributed by atoms with Gasteiger partial charge in [-0.2, -0.15) is 0 Å². The van der Waals surface area contributed by atoms with Crippen LogP contribution in [0.4, 0.5) is 10.5 Å². The van der Waals surface area contributed by atoms with Crippen LogP contribution in [0, 0.1) is 17.0 Å². The van der Waals surface area contributed by atoms with Crippen LogP contribution in [-0.2, 0) is 11.4 Å². The highest BCUT2D eigenvalue weighted by Gasteiger charge is 2.23. The zero-order valence-corrected chi connectivity index (χ0v) is 20.4. The summed E-state index contributed by atoms with van der Waals surface area (Å²) in [6.45, 7) is 4.27. The van der Waals surface area contributed by atoms with Gasteiger partial charge in [-0.05, 0) is 61.9 Å². The van der Waals surface area contributed by atoms with E-state index in [0.29, 0.717) is 28.4 Å². The number of carbonyl (C=O) groups excluding carboxylic acids is 2. The summed E-state index contributed by atoms with van der Waals surface area (Å²) in [6.07, 6.45) is 3.15. The fourth-order valence-corrected chi connectivity index (χ4v) is 4.45. The van der Waals surface area contributed by atoms with Crippen molar-refractivity contribution in [1.82, 2.24) is 14.1 Å². The van der Waals surface area contributed by atoms with Crippen molar-refractivity contribution in [2.75, 3.05) is 0 Å². The van der Waals surface area contributed by atoms with E-state index in [2.05, 4.69) is 10.1 Å². The summed E-state index contributed by atoms with van der Waals surface area (Å²) in [5, 5.41) is 26.5. The maximum absolute atomic E-state index is 13.8. The van der Waals surface area contributed by atoms with Gasteiger partial charge in [0.15, 0.2) is 5.71 Å². The maximum Gasteiger partial charge on any atom is 0.445 e. The number of rotatable bonds is 6. The number of nitro benzene ring substituents is 1.